The topological polar surface area (TPSA) is 18.5 Å². The lowest BCUT2D eigenvalue weighted by Gasteiger charge is -2.23. The lowest BCUT2D eigenvalue weighted by molar-refractivity contribution is 0.415. The van der Waals surface area contributed by atoms with Crippen LogP contribution < -0.4 is 9.47 Å². The molecule has 0 heterocycles. The van der Waals surface area contributed by atoms with Crippen LogP contribution >= 0.6 is 0 Å². The first-order chi connectivity index (χ1) is 31.7. The van der Waals surface area contributed by atoms with Crippen LogP contribution in [0.25, 0.3) is 121 Å². The molecule has 12 aromatic rings. The predicted molar refractivity (Wildman–Crippen MR) is 271 cm³/mol. The maximum atomic E-state index is 5.65. The Morgan fingerprint density at radius 1 is 0.219 bits per heavy atom. The van der Waals surface area contributed by atoms with Crippen LogP contribution in [0.4, 0.5) is 0 Å². The first-order valence-electron chi connectivity index (χ1n) is 21.9. The van der Waals surface area contributed by atoms with E-state index in [1.54, 1.807) is 14.2 Å². The summed E-state index contributed by atoms with van der Waals surface area (Å²) in [5.74, 6) is 1.67. The minimum atomic E-state index is 0.837. The summed E-state index contributed by atoms with van der Waals surface area (Å²) in [6.07, 6.45) is 0. The van der Waals surface area contributed by atoms with Crippen LogP contribution in [-0.4, -0.2) is 14.2 Å². The average Bonchev–Trinajstić information content (AvgIpc) is 3.37. The zero-order valence-electron chi connectivity index (χ0n) is 35.6. The van der Waals surface area contributed by atoms with E-state index in [0.29, 0.717) is 0 Å². The second-order valence-corrected chi connectivity index (χ2v) is 16.6. The highest BCUT2D eigenvalue weighted by atomic mass is 16.5. The summed E-state index contributed by atoms with van der Waals surface area (Å²) in [4.78, 5) is 0. The fraction of sp³-hybridized carbons (Fsp3) is 0.0323. The fourth-order valence-corrected chi connectivity index (χ4v) is 10.3. The molecule has 0 aliphatic rings. The molecule has 0 N–H and O–H groups in total. The van der Waals surface area contributed by atoms with E-state index in [1.807, 2.05) is 0 Å². The van der Waals surface area contributed by atoms with Gasteiger partial charge in [-0.15, -0.1) is 0 Å². The highest BCUT2D eigenvalue weighted by Crippen LogP contribution is 2.51. The number of ether oxygens (including phenoxy) is 2. The molecule has 0 unspecified atom stereocenters. The van der Waals surface area contributed by atoms with E-state index in [0.717, 1.165) is 22.6 Å². The summed E-state index contributed by atoms with van der Waals surface area (Å²) in [5, 5.41) is 12.3. The minimum absolute atomic E-state index is 0.837. The van der Waals surface area contributed by atoms with Gasteiger partial charge in [-0.1, -0.05) is 182 Å². The summed E-state index contributed by atoms with van der Waals surface area (Å²) in [6.45, 7) is 0. The summed E-state index contributed by atoms with van der Waals surface area (Å²) in [5.41, 5.74) is 14.4. The SMILES string of the molecule is COc1ccc(-c2cc(-c3ccc(-c4ccccc4)c4ccccc34)c3ccc4c(-c5ccc(OC)cc5)cc(-c5ccc(-c6ccccc6)c6ccccc56)c5ccc2c3c45)cc1. The number of methoxy groups -OCH3 is 2. The first-order valence-corrected chi connectivity index (χ1v) is 21.9. The number of hydrogen-bond donors (Lipinski definition) is 0. The number of rotatable bonds is 8. The van der Waals surface area contributed by atoms with Crippen molar-refractivity contribution < 1.29 is 9.47 Å². The van der Waals surface area contributed by atoms with Gasteiger partial charge >= 0.3 is 0 Å². The van der Waals surface area contributed by atoms with Crippen molar-refractivity contribution in [3.05, 3.63) is 218 Å². The van der Waals surface area contributed by atoms with Crippen molar-refractivity contribution in [2.75, 3.05) is 14.2 Å². The zero-order valence-corrected chi connectivity index (χ0v) is 35.6. The minimum Gasteiger partial charge on any atom is -0.497 e. The van der Waals surface area contributed by atoms with Crippen LogP contribution in [0.2, 0.25) is 0 Å². The van der Waals surface area contributed by atoms with Crippen molar-refractivity contribution in [2.45, 2.75) is 0 Å². The Morgan fingerprint density at radius 3 is 0.875 bits per heavy atom. The van der Waals surface area contributed by atoms with Gasteiger partial charge in [-0.3, -0.25) is 0 Å². The molecule has 64 heavy (non-hydrogen) atoms. The van der Waals surface area contributed by atoms with Crippen molar-refractivity contribution in [2.24, 2.45) is 0 Å². The molecule has 0 aliphatic heterocycles. The Hall–Kier alpha value is -8.20. The zero-order chi connectivity index (χ0) is 42.7. The largest absolute Gasteiger partial charge is 0.497 e. The van der Waals surface area contributed by atoms with Gasteiger partial charge in [0.15, 0.2) is 0 Å². The van der Waals surface area contributed by atoms with E-state index < -0.39 is 0 Å². The van der Waals surface area contributed by atoms with Gasteiger partial charge < -0.3 is 9.47 Å². The molecule has 0 aromatic heterocycles. The second-order valence-electron chi connectivity index (χ2n) is 16.6. The third-order valence-electron chi connectivity index (χ3n) is 13.3. The van der Waals surface area contributed by atoms with Crippen molar-refractivity contribution in [3.63, 3.8) is 0 Å². The molecule has 12 aromatic carbocycles. The van der Waals surface area contributed by atoms with Crippen LogP contribution in [0.1, 0.15) is 0 Å². The van der Waals surface area contributed by atoms with Crippen LogP contribution in [0, 0.1) is 0 Å². The van der Waals surface area contributed by atoms with Crippen molar-refractivity contribution in [1.29, 1.82) is 0 Å². The molecular formula is C62H42O2. The number of benzene rings is 12. The molecule has 2 heteroatoms. The summed E-state index contributed by atoms with van der Waals surface area (Å²) in [6, 6.07) is 79.9. The van der Waals surface area contributed by atoms with E-state index in [-0.39, 0.29) is 0 Å². The molecule has 0 fully saturated rings. The Labute approximate surface area is 372 Å². The van der Waals surface area contributed by atoms with E-state index in [2.05, 4.69) is 218 Å². The molecule has 302 valence electrons. The summed E-state index contributed by atoms with van der Waals surface area (Å²) in [7, 11) is 3.45. The average molecular weight is 819 g/mol. The molecule has 0 aliphatic carbocycles. The van der Waals surface area contributed by atoms with Gasteiger partial charge in [0.05, 0.1) is 14.2 Å². The second kappa shape index (κ2) is 15.3. The van der Waals surface area contributed by atoms with Crippen LogP contribution in [0.3, 0.4) is 0 Å². The standard InChI is InChI=1S/C62H42O2/c1-63-43-25-21-41(22-26-43)57-37-59(51-31-29-45(39-13-5-3-6-14-39)47-17-9-11-19-49(47)51)55-36-34-54-58(42-23-27-44(64-2)28-24-42)38-60(56-35-33-53(57)61(55)62(54)56)52-32-30-46(40-15-7-4-8-16-40)48-18-10-12-20-50(48)52/h3-38H,1-2H3. The monoisotopic (exact) mass is 818 g/mol. The molecule has 0 bridgehead atoms. The van der Waals surface area contributed by atoms with Crippen molar-refractivity contribution >= 4 is 53.9 Å². The quantitative estimate of drug-likeness (QED) is 0.142. The molecule has 0 amide bonds. The highest BCUT2D eigenvalue weighted by Gasteiger charge is 2.23. The van der Waals surface area contributed by atoms with E-state index in [1.165, 1.54) is 109 Å². The smallest absolute Gasteiger partial charge is 0.118 e. The van der Waals surface area contributed by atoms with E-state index in [4.69, 9.17) is 9.47 Å². The van der Waals surface area contributed by atoms with Crippen LogP contribution in [-0.2, 0) is 0 Å². The Balaban J connectivity index is 1.21. The van der Waals surface area contributed by atoms with Gasteiger partial charge in [0.2, 0.25) is 0 Å². The van der Waals surface area contributed by atoms with Gasteiger partial charge in [0.1, 0.15) is 11.5 Å². The third kappa shape index (κ3) is 6.02. The molecule has 0 spiro atoms. The first kappa shape index (κ1) is 37.6. The normalized spacial score (nSPS) is 11.6. The Bertz CT molecular complexity index is 3450. The maximum Gasteiger partial charge on any atom is 0.118 e. The van der Waals surface area contributed by atoms with Gasteiger partial charge in [0.25, 0.3) is 0 Å². The Kier molecular flexibility index (Phi) is 8.98. The van der Waals surface area contributed by atoms with E-state index >= 15 is 0 Å². The molecule has 0 saturated carbocycles. The molecule has 0 saturated heterocycles. The fourth-order valence-electron chi connectivity index (χ4n) is 10.3. The Morgan fingerprint density at radius 2 is 0.516 bits per heavy atom. The van der Waals surface area contributed by atoms with Gasteiger partial charge in [0, 0.05) is 0 Å². The number of hydrogen-bond acceptors (Lipinski definition) is 2. The molecular weight excluding hydrogens is 777 g/mol. The van der Waals surface area contributed by atoms with Gasteiger partial charge in [-0.05, 0) is 157 Å². The van der Waals surface area contributed by atoms with Gasteiger partial charge in [-0.2, -0.15) is 0 Å². The summed E-state index contributed by atoms with van der Waals surface area (Å²) >= 11 is 0. The highest BCUT2D eigenvalue weighted by molar-refractivity contribution is 6.33. The van der Waals surface area contributed by atoms with E-state index in [9.17, 15) is 0 Å². The third-order valence-corrected chi connectivity index (χ3v) is 13.3. The van der Waals surface area contributed by atoms with Crippen LogP contribution in [0.15, 0.2) is 218 Å². The predicted octanol–water partition coefficient (Wildman–Crippen LogP) is 16.9. The van der Waals surface area contributed by atoms with Crippen molar-refractivity contribution in [3.8, 4) is 78.3 Å². The molecule has 12 rings (SSSR count). The maximum absolute atomic E-state index is 5.65. The molecule has 0 atom stereocenters. The lowest BCUT2D eigenvalue weighted by atomic mass is 9.80. The van der Waals surface area contributed by atoms with Crippen molar-refractivity contribution in [1.82, 2.24) is 0 Å². The lowest BCUT2D eigenvalue weighted by Crippen LogP contribution is -1.95. The van der Waals surface area contributed by atoms with Crippen LogP contribution in [0.5, 0.6) is 11.5 Å². The number of fused-ring (bicyclic) bond motifs is 2. The molecule has 0 radical (unpaired) electrons. The van der Waals surface area contributed by atoms with Gasteiger partial charge in [-0.25, -0.2) is 0 Å². The molecule has 2 nitrogen and oxygen atoms in total. The summed E-state index contributed by atoms with van der Waals surface area (Å²) < 4.78 is 11.3.